The van der Waals surface area contributed by atoms with E-state index in [1.807, 2.05) is 0 Å². The maximum atomic E-state index is 13.5. The third-order valence-electron chi connectivity index (χ3n) is 2.88. The molecule has 0 amide bonds. The lowest BCUT2D eigenvalue weighted by Crippen LogP contribution is -1.95. The molecule has 21 heavy (non-hydrogen) atoms. The van der Waals surface area contributed by atoms with Crippen molar-refractivity contribution in [1.82, 2.24) is 9.97 Å². The van der Waals surface area contributed by atoms with Crippen LogP contribution in [0.25, 0.3) is 22.3 Å². The molecule has 0 unspecified atom stereocenters. The van der Waals surface area contributed by atoms with Crippen LogP contribution in [0, 0.1) is 17.5 Å². The predicted octanol–water partition coefficient (Wildman–Crippen LogP) is 5.02. The summed E-state index contributed by atoms with van der Waals surface area (Å²) in [6, 6.07) is 5.93. The smallest absolute Gasteiger partial charge is 0.163 e. The van der Waals surface area contributed by atoms with Gasteiger partial charge in [0.2, 0.25) is 0 Å². The fourth-order valence-electron chi connectivity index (χ4n) is 1.88. The van der Waals surface area contributed by atoms with Crippen molar-refractivity contribution in [3.8, 4) is 11.4 Å². The molecule has 0 aliphatic carbocycles. The maximum Gasteiger partial charge on any atom is 0.163 e. The highest BCUT2D eigenvalue weighted by Gasteiger charge is 2.15. The molecule has 0 radical (unpaired) electrons. The van der Waals surface area contributed by atoms with Crippen LogP contribution in [0.15, 0.2) is 30.3 Å². The van der Waals surface area contributed by atoms with Crippen LogP contribution in [0.1, 0.15) is 0 Å². The van der Waals surface area contributed by atoms with Gasteiger partial charge < -0.3 is 0 Å². The van der Waals surface area contributed by atoms with Gasteiger partial charge in [0.1, 0.15) is 11.0 Å². The second kappa shape index (κ2) is 5.16. The summed E-state index contributed by atoms with van der Waals surface area (Å²) in [7, 11) is 0. The Kier molecular flexibility index (Phi) is 3.47. The Labute approximate surface area is 127 Å². The van der Waals surface area contributed by atoms with E-state index in [1.54, 1.807) is 0 Å². The SMILES string of the molecule is Fc1cc2nc(-c3cccc(F)c3Cl)nc(Cl)c2cc1F. The minimum atomic E-state index is -1.06. The monoisotopic (exact) mass is 328 g/mol. The van der Waals surface area contributed by atoms with Gasteiger partial charge in [-0.05, 0) is 18.2 Å². The molecule has 0 saturated carbocycles. The van der Waals surface area contributed by atoms with Crippen LogP contribution in [0.2, 0.25) is 10.2 Å². The van der Waals surface area contributed by atoms with Crippen molar-refractivity contribution in [3.63, 3.8) is 0 Å². The predicted molar refractivity (Wildman–Crippen MR) is 74.9 cm³/mol. The lowest BCUT2D eigenvalue weighted by Gasteiger charge is -2.07. The first-order chi connectivity index (χ1) is 9.97. The summed E-state index contributed by atoms with van der Waals surface area (Å²) >= 11 is 11.8. The minimum absolute atomic E-state index is 0.0306. The van der Waals surface area contributed by atoms with Gasteiger partial charge in [-0.3, -0.25) is 0 Å². The lowest BCUT2D eigenvalue weighted by atomic mass is 10.2. The van der Waals surface area contributed by atoms with Gasteiger partial charge in [-0.25, -0.2) is 23.1 Å². The molecule has 0 aliphatic heterocycles. The molecule has 3 rings (SSSR count). The van der Waals surface area contributed by atoms with Crippen molar-refractivity contribution >= 4 is 34.1 Å². The Bertz CT molecular complexity index is 868. The zero-order valence-electron chi connectivity index (χ0n) is 10.2. The first-order valence-electron chi connectivity index (χ1n) is 5.74. The Morgan fingerprint density at radius 2 is 1.57 bits per heavy atom. The summed E-state index contributed by atoms with van der Waals surface area (Å²) in [5.74, 6) is -2.72. The summed E-state index contributed by atoms with van der Waals surface area (Å²) in [6.07, 6.45) is 0. The van der Waals surface area contributed by atoms with E-state index in [4.69, 9.17) is 23.2 Å². The summed E-state index contributed by atoms with van der Waals surface area (Å²) in [5, 5.41) is -0.0865. The Hall–Kier alpha value is -1.85. The van der Waals surface area contributed by atoms with Crippen molar-refractivity contribution in [3.05, 3.63) is 58.0 Å². The van der Waals surface area contributed by atoms with Crippen molar-refractivity contribution in [2.45, 2.75) is 0 Å². The molecule has 2 nitrogen and oxygen atoms in total. The Balaban J connectivity index is 2.30. The van der Waals surface area contributed by atoms with Gasteiger partial charge >= 0.3 is 0 Å². The molecule has 0 atom stereocenters. The highest BCUT2D eigenvalue weighted by molar-refractivity contribution is 6.35. The first-order valence-corrected chi connectivity index (χ1v) is 6.49. The first kappa shape index (κ1) is 14.1. The average molecular weight is 329 g/mol. The molecule has 0 fully saturated rings. The molecule has 1 heterocycles. The van der Waals surface area contributed by atoms with Gasteiger partial charge in [0, 0.05) is 17.0 Å². The number of hydrogen-bond acceptors (Lipinski definition) is 2. The second-order valence-corrected chi connectivity index (χ2v) is 4.96. The fraction of sp³-hybridized carbons (Fsp3) is 0. The number of halogens is 5. The van der Waals surface area contributed by atoms with E-state index in [0.717, 1.165) is 12.1 Å². The van der Waals surface area contributed by atoms with E-state index in [9.17, 15) is 13.2 Å². The van der Waals surface area contributed by atoms with E-state index < -0.39 is 17.5 Å². The molecule has 0 N–H and O–H groups in total. The summed E-state index contributed by atoms with van der Waals surface area (Å²) in [5.41, 5.74) is 0.314. The Morgan fingerprint density at radius 1 is 0.857 bits per heavy atom. The molecule has 1 aromatic heterocycles. The summed E-state index contributed by atoms with van der Waals surface area (Å²) < 4.78 is 40.0. The molecule has 0 bridgehead atoms. The van der Waals surface area contributed by atoms with Crippen LogP contribution < -0.4 is 0 Å². The molecular formula is C14H5Cl2F3N2. The lowest BCUT2D eigenvalue weighted by molar-refractivity contribution is 0.510. The van der Waals surface area contributed by atoms with Gasteiger partial charge in [0.05, 0.1) is 10.5 Å². The number of nitrogens with zero attached hydrogens (tertiary/aromatic N) is 2. The molecule has 0 saturated heterocycles. The highest BCUT2D eigenvalue weighted by Crippen LogP contribution is 2.31. The van der Waals surface area contributed by atoms with E-state index in [2.05, 4.69) is 9.97 Å². The van der Waals surface area contributed by atoms with Crippen molar-refractivity contribution in [1.29, 1.82) is 0 Å². The van der Waals surface area contributed by atoms with Gasteiger partial charge in [0.25, 0.3) is 0 Å². The van der Waals surface area contributed by atoms with E-state index in [-0.39, 0.29) is 32.5 Å². The molecule has 3 aromatic rings. The zero-order chi connectivity index (χ0) is 15.1. The largest absolute Gasteiger partial charge is 0.228 e. The second-order valence-electron chi connectivity index (χ2n) is 4.22. The van der Waals surface area contributed by atoms with Crippen LogP contribution >= 0.6 is 23.2 Å². The van der Waals surface area contributed by atoms with Crippen LogP contribution in [-0.2, 0) is 0 Å². The number of fused-ring (bicyclic) bond motifs is 1. The van der Waals surface area contributed by atoms with Crippen LogP contribution in [0.3, 0.4) is 0 Å². The molecule has 7 heteroatoms. The normalized spacial score (nSPS) is 11.1. The topological polar surface area (TPSA) is 25.8 Å². The quantitative estimate of drug-likeness (QED) is 0.586. The Morgan fingerprint density at radius 3 is 2.33 bits per heavy atom. The van der Waals surface area contributed by atoms with E-state index >= 15 is 0 Å². The summed E-state index contributed by atoms with van der Waals surface area (Å²) in [6.45, 7) is 0. The van der Waals surface area contributed by atoms with Crippen LogP contribution in [0.5, 0.6) is 0 Å². The third kappa shape index (κ3) is 2.43. The minimum Gasteiger partial charge on any atom is -0.228 e. The fourth-order valence-corrected chi connectivity index (χ4v) is 2.33. The number of hydrogen-bond donors (Lipinski definition) is 0. The van der Waals surface area contributed by atoms with E-state index in [0.29, 0.717) is 0 Å². The number of aromatic nitrogens is 2. The molecule has 0 aliphatic rings. The van der Waals surface area contributed by atoms with Gasteiger partial charge in [0.15, 0.2) is 17.5 Å². The molecular weight excluding hydrogens is 324 g/mol. The highest BCUT2D eigenvalue weighted by atomic mass is 35.5. The molecule has 106 valence electrons. The molecule has 0 spiro atoms. The van der Waals surface area contributed by atoms with Crippen LogP contribution in [-0.4, -0.2) is 9.97 Å². The number of benzene rings is 2. The van der Waals surface area contributed by atoms with Gasteiger partial charge in [-0.15, -0.1) is 0 Å². The third-order valence-corrected chi connectivity index (χ3v) is 3.56. The zero-order valence-corrected chi connectivity index (χ0v) is 11.7. The van der Waals surface area contributed by atoms with Gasteiger partial charge in [-0.2, -0.15) is 0 Å². The van der Waals surface area contributed by atoms with Gasteiger partial charge in [-0.1, -0.05) is 29.3 Å². The standard InChI is InChI=1S/C14H5Cl2F3N2/c15-12-6(2-1-3-8(12)17)14-20-11-5-10(19)9(18)4-7(11)13(16)21-14/h1-5H. The van der Waals surface area contributed by atoms with Crippen molar-refractivity contribution < 1.29 is 13.2 Å². The van der Waals surface area contributed by atoms with E-state index in [1.165, 1.54) is 18.2 Å². The van der Waals surface area contributed by atoms with Crippen molar-refractivity contribution in [2.75, 3.05) is 0 Å². The number of rotatable bonds is 1. The molecule has 2 aromatic carbocycles. The van der Waals surface area contributed by atoms with Crippen LogP contribution in [0.4, 0.5) is 13.2 Å². The maximum absolute atomic E-state index is 13.5. The average Bonchev–Trinajstić information content (AvgIpc) is 2.44. The van der Waals surface area contributed by atoms with Crippen molar-refractivity contribution in [2.24, 2.45) is 0 Å². The summed E-state index contributed by atoms with van der Waals surface area (Å²) in [4.78, 5) is 8.02.